The van der Waals surface area contributed by atoms with Crippen LogP contribution in [0.4, 0.5) is 8.78 Å². The van der Waals surface area contributed by atoms with Crippen molar-refractivity contribution >= 4 is 5.97 Å². The molecular weight excluding hydrogens is 242 g/mol. The molecule has 1 aromatic carbocycles. The van der Waals surface area contributed by atoms with Crippen molar-refractivity contribution in [2.75, 3.05) is 6.61 Å². The van der Waals surface area contributed by atoms with Gasteiger partial charge in [-0.1, -0.05) is 0 Å². The number of halogens is 2. The summed E-state index contributed by atoms with van der Waals surface area (Å²) in [5.41, 5.74) is 4.88. The molecule has 0 aliphatic heterocycles. The van der Waals surface area contributed by atoms with Gasteiger partial charge >= 0.3 is 5.97 Å². The van der Waals surface area contributed by atoms with Gasteiger partial charge in [-0.15, -0.1) is 0 Å². The van der Waals surface area contributed by atoms with Crippen molar-refractivity contribution in [3.05, 3.63) is 34.4 Å². The van der Waals surface area contributed by atoms with Crippen LogP contribution in [0.5, 0.6) is 0 Å². The summed E-state index contributed by atoms with van der Waals surface area (Å²) in [6.07, 6.45) is -2.87. The second-order valence-electron chi connectivity index (χ2n) is 3.44. The average molecular weight is 254 g/mol. The highest BCUT2D eigenvalue weighted by atomic mass is 19.3. The molecule has 0 saturated carbocycles. The Balaban J connectivity index is 3.45. The molecule has 0 bridgehead atoms. The Hall–Kier alpha value is -2.00. The highest BCUT2D eigenvalue weighted by Gasteiger charge is 2.23. The lowest BCUT2D eigenvalue weighted by Gasteiger charge is -2.13. The Morgan fingerprint density at radius 1 is 1.56 bits per heavy atom. The number of nitrogens with zero attached hydrogens (tertiary/aromatic N) is 1. The zero-order valence-corrected chi connectivity index (χ0v) is 9.74. The lowest BCUT2D eigenvalue weighted by molar-refractivity contribution is 0.0514. The van der Waals surface area contributed by atoms with E-state index in [-0.39, 0.29) is 29.8 Å². The van der Waals surface area contributed by atoms with E-state index in [1.54, 1.807) is 13.0 Å². The van der Waals surface area contributed by atoms with E-state index in [4.69, 9.17) is 15.7 Å². The summed E-state index contributed by atoms with van der Waals surface area (Å²) in [6, 6.07) is 4.05. The number of rotatable bonds is 4. The van der Waals surface area contributed by atoms with E-state index in [0.29, 0.717) is 0 Å². The quantitative estimate of drug-likeness (QED) is 0.835. The van der Waals surface area contributed by atoms with Crippen molar-refractivity contribution < 1.29 is 18.3 Å². The molecule has 1 aromatic rings. The third-order valence-corrected chi connectivity index (χ3v) is 2.31. The van der Waals surface area contributed by atoms with Crippen LogP contribution in [0.15, 0.2) is 12.1 Å². The molecule has 0 radical (unpaired) electrons. The molecule has 0 unspecified atom stereocenters. The number of hydrogen-bond acceptors (Lipinski definition) is 4. The zero-order chi connectivity index (χ0) is 13.7. The summed E-state index contributed by atoms with van der Waals surface area (Å²) < 4.78 is 30.5. The first-order chi connectivity index (χ1) is 8.54. The molecule has 0 atom stereocenters. The van der Waals surface area contributed by atoms with E-state index in [2.05, 4.69) is 0 Å². The minimum atomic E-state index is -2.87. The molecule has 6 heteroatoms. The number of esters is 1. The maximum Gasteiger partial charge on any atom is 0.338 e. The van der Waals surface area contributed by atoms with E-state index in [1.165, 1.54) is 6.07 Å². The van der Waals surface area contributed by atoms with Gasteiger partial charge in [-0.25, -0.2) is 13.6 Å². The third-order valence-electron chi connectivity index (χ3n) is 2.31. The molecule has 0 fully saturated rings. The van der Waals surface area contributed by atoms with E-state index in [1.807, 2.05) is 0 Å². The standard InChI is InChI=1S/C12H12F2N2O2/c1-2-18-12(17)10-8(6-16)3-7(5-15)4-9(10)11(13)14/h3-4,11H,2,6,16H2,1H3. The van der Waals surface area contributed by atoms with E-state index >= 15 is 0 Å². The van der Waals surface area contributed by atoms with Gasteiger partial charge in [-0.05, 0) is 24.6 Å². The first-order valence-electron chi connectivity index (χ1n) is 5.27. The number of carbonyl (C=O) groups is 1. The molecule has 0 aliphatic rings. The van der Waals surface area contributed by atoms with Crippen LogP contribution in [0.25, 0.3) is 0 Å². The van der Waals surface area contributed by atoms with Crippen molar-refractivity contribution in [1.29, 1.82) is 5.26 Å². The summed E-state index contributed by atoms with van der Waals surface area (Å²) in [5.74, 6) is -0.849. The molecule has 0 heterocycles. The Labute approximate surface area is 103 Å². The number of nitrogens with two attached hydrogens (primary N) is 1. The monoisotopic (exact) mass is 254 g/mol. The van der Waals surface area contributed by atoms with Gasteiger partial charge in [-0.3, -0.25) is 0 Å². The van der Waals surface area contributed by atoms with Crippen LogP contribution in [0.1, 0.15) is 40.4 Å². The van der Waals surface area contributed by atoms with Gasteiger partial charge in [0.2, 0.25) is 0 Å². The van der Waals surface area contributed by atoms with Crippen LogP contribution in [-0.2, 0) is 11.3 Å². The Kier molecular flexibility index (Phi) is 4.75. The summed E-state index contributed by atoms with van der Waals surface area (Å²) >= 11 is 0. The third kappa shape index (κ3) is 2.81. The molecule has 96 valence electrons. The largest absolute Gasteiger partial charge is 0.462 e. The number of nitriles is 1. The van der Waals surface area contributed by atoms with E-state index in [9.17, 15) is 13.6 Å². The van der Waals surface area contributed by atoms with Crippen LogP contribution >= 0.6 is 0 Å². The topological polar surface area (TPSA) is 76.1 Å². The molecule has 0 spiro atoms. The lowest BCUT2D eigenvalue weighted by Crippen LogP contribution is -2.14. The molecule has 0 amide bonds. The minimum Gasteiger partial charge on any atom is -0.462 e. The fourth-order valence-electron chi connectivity index (χ4n) is 1.58. The van der Waals surface area contributed by atoms with Crippen LogP contribution < -0.4 is 5.73 Å². The first kappa shape index (κ1) is 14.1. The fourth-order valence-corrected chi connectivity index (χ4v) is 1.58. The maximum atomic E-state index is 12.9. The van der Waals surface area contributed by atoms with Gasteiger partial charge in [0.05, 0.1) is 23.8 Å². The average Bonchev–Trinajstić information content (AvgIpc) is 2.37. The molecule has 0 aliphatic carbocycles. The highest BCUT2D eigenvalue weighted by Crippen LogP contribution is 2.27. The number of hydrogen-bond donors (Lipinski definition) is 1. The maximum absolute atomic E-state index is 12.9. The first-order valence-corrected chi connectivity index (χ1v) is 5.27. The minimum absolute atomic E-state index is 0.0406. The second-order valence-corrected chi connectivity index (χ2v) is 3.44. The smallest absolute Gasteiger partial charge is 0.338 e. The van der Waals surface area contributed by atoms with E-state index in [0.717, 1.165) is 6.07 Å². The van der Waals surface area contributed by atoms with Gasteiger partial charge in [0.15, 0.2) is 0 Å². The van der Waals surface area contributed by atoms with Crippen molar-refractivity contribution in [3.63, 3.8) is 0 Å². The number of ether oxygens (including phenoxy) is 1. The summed E-state index contributed by atoms with van der Waals surface area (Å²) in [6.45, 7) is 1.53. The molecular formula is C12H12F2N2O2. The van der Waals surface area contributed by atoms with Gasteiger partial charge in [-0.2, -0.15) is 5.26 Å². The van der Waals surface area contributed by atoms with Crippen LogP contribution in [0, 0.1) is 11.3 Å². The second kappa shape index (κ2) is 6.07. The van der Waals surface area contributed by atoms with Crippen molar-refractivity contribution in [1.82, 2.24) is 0 Å². The fraction of sp³-hybridized carbons (Fsp3) is 0.333. The van der Waals surface area contributed by atoms with Crippen molar-refractivity contribution in [2.24, 2.45) is 5.73 Å². The zero-order valence-electron chi connectivity index (χ0n) is 9.74. The van der Waals surface area contributed by atoms with Gasteiger partial charge in [0, 0.05) is 12.1 Å². The summed E-state index contributed by atoms with van der Waals surface area (Å²) in [4.78, 5) is 11.7. The SMILES string of the molecule is CCOC(=O)c1c(CN)cc(C#N)cc1C(F)F. The molecule has 18 heavy (non-hydrogen) atoms. The number of alkyl halides is 2. The van der Waals surface area contributed by atoms with Gasteiger partial charge < -0.3 is 10.5 Å². The van der Waals surface area contributed by atoms with Gasteiger partial charge in [0.25, 0.3) is 6.43 Å². The van der Waals surface area contributed by atoms with Crippen LogP contribution in [0.3, 0.4) is 0 Å². The highest BCUT2D eigenvalue weighted by molar-refractivity contribution is 5.93. The Morgan fingerprint density at radius 2 is 2.22 bits per heavy atom. The normalized spacial score (nSPS) is 10.2. The molecule has 4 nitrogen and oxygen atoms in total. The molecule has 0 saturated heterocycles. The van der Waals surface area contributed by atoms with Crippen LogP contribution in [0.2, 0.25) is 0 Å². The summed E-state index contributed by atoms with van der Waals surface area (Å²) in [5, 5.41) is 8.74. The summed E-state index contributed by atoms with van der Waals surface area (Å²) in [7, 11) is 0. The molecule has 2 N–H and O–H groups in total. The predicted octanol–water partition coefficient (Wildman–Crippen LogP) is 2.13. The predicted molar refractivity (Wildman–Crippen MR) is 60.0 cm³/mol. The number of benzene rings is 1. The van der Waals surface area contributed by atoms with E-state index < -0.39 is 18.0 Å². The lowest BCUT2D eigenvalue weighted by atomic mass is 9.98. The van der Waals surface area contributed by atoms with Crippen LogP contribution in [-0.4, -0.2) is 12.6 Å². The number of carbonyl (C=O) groups excluding carboxylic acids is 1. The van der Waals surface area contributed by atoms with Gasteiger partial charge in [0.1, 0.15) is 0 Å². The van der Waals surface area contributed by atoms with Crippen molar-refractivity contribution in [2.45, 2.75) is 19.9 Å². The van der Waals surface area contributed by atoms with Crippen molar-refractivity contribution in [3.8, 4) is 6.07 Å². The Bertz CT molecular complexity index is 496. The molecule has 0 aromatic heterocycles. The Morgan fingerprint density at radius 3 is 2.67 bits per heavy atom. The molecule has 1 rings (SSSR count).